The predicted molar refractivity (Wildman–Crippen MR) is 88.3 cm³/mol. The Balaban J connectivity index is 1.64. The summed E-state index contributed by atoms with van der Waals surface area (Å²) in [4.78, 5) is 12.5. The number of halogens is 2. The van der Waals surface area contributed by atoms with E-state index in [4.69, 9.17) is 0 Å². The zero-order chi connectivity index (χ0) is 16.4. The molecule has 2 aromatic rings. The van der Waals surface area contributed by atoms with Gasteiger partial charge in [0.1, 0.15) is 5.82 Å². The van der Waals surface area contributed by atoms with E-state index in [0.29, 0.717) is 17.6 Å². The predicted octanol–water partition coefficient (Wildman–Crippen LogP) is 1.94. The first-order valence-electron chi connectivity index (χ1n) is 7.45. The van der Waals surface area contributed by atoms with Gasteiger partial charge in [0.2, 0.25) is 5.91 Å². The summed E-state index contributed by atoms with van der Waals surface area (Å²) in [6.45, 7) is 1.72. The van der Waals surface area contributed by atoms with Gasteiger partial charge in [-0.15, -0.1) is 0 Å². The van der Waals surface area contributed by atoms with Crippen molar-refractivity contribution < 1.29 is 9.18 Å². The first-order chi connectivity index (χ1) is 11.0. The van der Waals surface area contributed by atoms with Crippen LogP contribution in [0.4, 0.5) is 4.39 Å². The number of hydrogen-bond donors (Lipinski definition) is 2. The lowest BCUT2D eigenvalue weighted by Gasteiger charge is -2.17. The van der Waals surface area contributed by atoms with Crippen molar-refractivity contribution in [1.82, 2.24) is 20.4 Å². The lowest BCUT2D eigenvalue weighted by Crippen LogP contribution is -2.34. The molecule has 1 aromatic carbocycles. The summed E-state index contributed by atoms with van der Waals surface area (Å²) in [5.41, 5.74) is 1.80. The largest absolute Gasteiger partial charge is 0.352 e. The molecule has 2 heterocycles. The highest BCUT2D eigenvalue weighted by molar-refractivity contribution is 9.10. The van der Waals surface area contributed by atoms with Crippen LogP contribution in [-0.2, 0) is 18.4 Å². The molecule has 2 atom stereocenters. The van der Waals surface area contributed by atoms with Crippen LogP contribution in [0.15, 0.2) is 35.1 Å². The third kappa shape index (κ3) is 3.61. The van der Waals surface area contributed by atoms with E-state index < -0.39 is 0 Å². The Morgan fingerprint density at radius 3 is 3.04 bits per heavy atom. The fourth-order valence-corrected chi connectivity index (χ4v) is 3.15. The molecule has 1 fully saturated rings. The number of hydrogen-bond acceptors (Lipinski definition) is 3. The van der Waals surface area contributed by atoms with Gasteiger partial charge in [0.25, 0.3) is 0 Å². The number of aromatic nitrogens is 2. The molecule has 1 saturated heterocycles. The van der Waals surface area contributed by atoms with Gasteiger partial charge in [-0.05, 0) is 39.2 Å². The Morgan fingerprint density at radius 1 is 1.52 bits per heavy atom. The van der Waals surface area contributed by atoms with Crippen LogP contribution in [0, 0.1) is 11.7 Å². The molecule has 2 N–H and O–H groups in total. The van der Waals surface area contributed by atoms with Crippen LogP contribution in [0.2, 0.25) is 0 Å². The monoisotopic (exact) mass is 380 g/mol. The van der Waals surface area contributed by atoms with Gasteiger partial charge in [-0.25, -0.2) is 4.39 Å². The maximum atomic E-state index is 13.5. The van der Waals surface area contributed by atoms with E-state index in [-0.39, 0.29) is 23.6 Å². The maximum Gasteiger partial charge on any atom is 0.225 e. The lowest BCUT2D eigenvalue weighted by atomic mass is 9.90. The number of carbonyl (C=O) groups is 1. The molecule has 5 nitrogen and oxygen atoms in total. The van der Waals surface area contributed by atoms with E-state index in [0.717, 1.165) is 17.7 Å². The van der Waals surface area contributed by atoms with E-state index in [2.05, 4.69) is 31.7 Å². The molecule has 0 aliphatic carbocycles. The molecule has 0 spiro atoms. The summed E-state index contributed by atoms with van der Waals surface area (Å²) < 4.78 is 15.7. The van der Waals surface area contributed by atoms with Crippen molar-refractivity contribution in [1.29, 1.82) is 0 Å². The first-order valence-corrected chi connectivity index (χ1v) is 8.25. The summed E-state index contributed by atoms with van der Waals surface area (Å²) in [6.07, 6.45) is 3.75. The third-order valence-electron chi connectivity index (χ3n) is 4.15. The van der Waals surface area contributed by atoms with Gasteiger partial charge in [0.05, 0.1) is 16.6 Å². The highest BCUT2D eigenvalue weighted by Gasteiger charge is 2.34. The van der Waals surface area contributed by atoms with Crippen LogP contribution in [0.5, 0.6) is 0 Å². The summed E-state index contributed by atoms with van der Waals surface area (Å²) in [5.74, 6) is -0.371. The Morgan fingerprint density at radius 2 is 2.35 bits per heavy atom. The summed E-state index contributed by atoms with van der Waals surface area (Å²) in [7, 11) is 1.86. The molecule has 0 unspecified atom stereocenters. The van der Waals surface area contributed by atoms with Crippen molar-refractivity contribution in [3.05, 3.63) is 52.0 Å². The van der Waals surface area contributed by atoms with E-state index in [1.165, 1.54) is 6.07 Å². The number of carbonyl (C=O) groups excluding carboxylic acids is 1. The second kappa shape index (κ2) is 6.80. The minimum Gasteiger partial charge on any atom is -0.352 e. The van der Waals surface area contributed by atoms with Crippen molar-refractivity contribution >= 4 is 21.8 Å². The summed E-state index contributed by atoms with van der Waals surface area (Å²) in [6, 6.07) is 4.86. The zero-order valence-corrected chi connectivity index (χ0v) is 14.3. The highest BCUT2D eigenvalue weighted by atomic mass is 79.9. The average molecular weight is 381 g/mol. The number of rotatable bonds is 4. The number of nitrogens with one attached hydrogen (secondary N) is 2. The van der Waals surface area contributed by atoms with Gasteiger partial charge < -0.3 is 10.6 Å². The standard InChI is InChI=1S/C16H18BrFN4O/c1-22-9-11(6-21-22)12-7-19-8-13(12)16(23)20-5-10-2-3-14(17)15(18)4-10/h2-4,6,9,12-13,19H,5,7-8H2,1H3,(H,20,23)/t12-,13+/m1/s1. The SMILES string of the molecule is Cn1cc([C@H]2CNC[C@@H]2C(=O)NCc2ccc(Br)c(F)c2)cn1. The molecule has 3 rings (SSSR count). The molecule has 1 aromatic heterocycles. The van der Waals surface area contributed by atoms with E-state index in [1.54, 1.807) is 16.8 Å². The van der Waals surface area contributed by atoms with Gasteiger partial charge in [0, 0.05) is 38.8 Å². The Labute approximate surface area is 142 Å². The average Bonchev–Trinajstić information content (AvgIpc) is 3.16. The fraction of sp³-hybridized carbons (Fsp3) is 0.375. The van der Waals surface area contributed by atoms with Gasteiger partial charge in [-0.2, -0.15) is 5.10 Å². The number of nitrogens with zero attached hydrogens (tertiary/aromatic N) is 2. The van der Waals surface area contributed by atoms with Crippen molar-refractivity contribution in [2.75, 3.05) is 13.1 Å². The second-order valence-electron chi connectivity index (χ2n) is 5.78. The molecule has 7 heteroatoms. The van der Waals surface area contributed by atoms with E-state index in [9.17, 15) is 9.18 Å². The third-order valence-corrected chi connectivity index (χ3v) is 4.80. The summed E-state index contributed by atoms with van der Waals surface area (Å²) in [5, 5.41) is 10.3. The Bertz CT molecular complexity index is 718. The van der Waals surface area contributed by atoms with Gasteiger partial charge in [-0.1, -0.05) is 6.07 Å². The van der Waals surface area contributed by atoms with Crippen molar-refractivity contribution in [2.45, 2.75) is 12.5 Å². The van der Waals surface area contributed by atoms with Gasteiger partial charge in [0.15, 0.2) is 0 Å². The molecule has 0 saturated carbocycles. The van der Waals surface area contributed by atoms with Crippen LogP contribution in [-0.4, -0.2) is 28.8 Å². The van der Waals surface area contributed by atoms with Crippen LogP contribution >= 0.6 is 15.9 Å². The van der Waals surface area contributed by atoms with Crippen LogP contribution < -0.4 is 10.6 Å². The Hall–Kier alpha value is -1.73. The molecule has 0 radical (unpaired) electrons. The van der Waals surface area contributed by atoms with Gasteiger partial charge >= 0.3 is 0 Å². The molecular formula is C16H18BrFN4O. The molecule has 1 amide bonds. The van der Waals surface area contributed by atoms with E-state index in [1.807, 2.05) is 19.4 Å². The minimum absolute atomic E-state index is 0.0211. The smallest absolute Gasteiger partial charge is 0.225 e. The topological polar surface area (TPSA) is 59.0 Å². The molecule has 1 aliphatic rings. The highest BCUT2D eigenvalue weighted by Crippen LogP contribution is 2.28. The van der Waals surface area contributed by atoms with Crippen molar-refractivity contribution in [2.24, 2.45) is 13.0 Å². The second-order valence-corrected chi connectivity index (χ2v) is 6.64. The first kappa shape index (κ1) is 16.1. The van der Waals surface area contributed by atoms with Crippen LogP contribution in [0.3, 0.4) is 0 Å². The maximum absolute atomic E-state index is 13.5. The van der Waals surface area contributed by atoms with Crippen LogP contribution in [0.1, 0.15) is 17.0 Å². The molecule has 122 valence electrons. The molecule has 23 heavy (non-hydrogen) atoms. The lowest BCUT2D eigenvalue weighted by molar-refractivity contribution is -0.125. The quantitative estimate of drug-likeness (QED) is 0.851. The number of aryl methyl sites for hydroxylation is 1. The molecular weight excluding hydrogens is 363 g/mol. The minimum atomic E-state index is -0.326. The normalized spacial score (nSPS) is 20.7. The zero-order valence-electron chi connectivity index (χ0n) is 12.7. The van der Waals surface area contributed by atoms with Crippen molar-refractivity contribution in [3.8, 4) is 0 Å². The molecule has 1 aliphatic heterocycles. The number of amides is 1. The Kier molecular flexibility index (Phi) is 4.77. The number of benzene rings is 1. The fourth-order valence-electron chi connectivity index (χ4n) is 2.91. The van der Waals surface area contributed by atoms with Crippen LogP contribution in [0.25, 0.3) is 0 Å². The van der Waals surface area contributed by atoms with E-state index >= 15 is 0 Å². The van der Waals surface area contributed by atoms with Crippen molar-refractivity contribution in [3.63, 3.8) is 0 Å². The van der Waals surface area contributed by atoms with Gasteiger partial charge in [-0.3, -0.25) is 9.48 Å². The summed E-state index contributed by atoms with van der Waals surface area (Å²) >= 11 is 3.12. The molecule has 0 bridgehead atoms.